The molecule has 35 heavy (non-hydrogen) atoms. The minimum absolute atomic E-state index is 0.0853. The molecule has 2 atom stereocenters. The second-order valence-electron chi connectivity index (χ2n) is 9.60. The van der Waals surface area contributed by atoms with E-state index in [1.807, 2.05) is 18.2 Å². The quantitative estimate of drug-likeness (QED) is 0.420. The molecule has 5 heteroatoms. The molecule has 0 amide bonds. The highest BCUT2D eigenvalue weighted by atomic mass is 16.5. The van der Waals surface area contributed by atoms with Gasteiger partial charge in [-0.25, -0.2) is 0 Å². The Hall–Kier alpha value is -3.02. The van der Waals surface area contributed by atoms with Crippen LogP contribution in [0.25, 0.3) is 0 Å². The molecule has 5 nitrogen and oxygen atoms in total. The van der Waals surface area contributed by atoms with Gasteiger partial charge in [0.15, 0.2) is 0 Å². The Kier molecular flexibility index (Phi) is 7.86. The molecule has 0 aliphatic carbocycles. The van der Waals surface area contributed by atoms with Gasteiger partial charge in [-0.15, -0.1) is 0 Å². The smallest absolute Gasteiger partial charge is 0.142 e. The fourth-order valence-corrected chi connectivity index (χ4v) is 5.28. The number of rotatable bonds is 9. The van der Waals surface area contributed by atoms with Crippen molar-refractivity contribution in [3.63, 3.8) is 0 Å². The maximum Gasteiger partial charge on any atom is 0.142 e. The number of hydrogen-bond acceptors (Lipinski definition) is 5. The summed E-state index contributed by atoms with van der Waals surface area (Å²) in [5.41, 5.74) is 3.60. The van der Waals surface area contributed by atoms with E-state index in [-0.39, 0.29) is 11.8 Å². The molecule has 0 saturated carbocycles. The van der Waals surface area contributed by atoms with E-state index < -0.39 is 0 Å². The van der Waals surface area contributed by atoms with Crippen molar-refractivity contribution in [3.8, 4) is 11.5 Å². The zero-order valence-electron chi connectivity index (χ0n) is 20.4. The number of hydrogen-bond donors (Lipinski definition) is 1. The van der Waals surface area contributed by atoms with Crippen LogP contribution in [0, 0.1) is 0 Å². The number of likely N-dealkylation sites (tertiary alicyclic amines) is 1. The average molecular weight is 473 g/mol. The maximum atomic E-state index is 9.83. The van der Waals surface area contributed by atoms with Gasteiger partial charge in [0.05, 0.1) is 31.0 Å². The van der Waals surface area contributed by atoms with Crippen molar-refractivity contribution in [1.82, 2.24) is 4.90 Å². The second kappa shape index (κ2) is 11.6. The van der Waals surface area contributed by atoms with Crippen LogP contribution in [0.4, 0.5) is 5.69 Å². The minimum Gasteiger partial charge on any atom is -0.508 e. The van der Waals surface area contributed by atoms with Gasteiger partial charge in [0.2, 0.25) is 0 Å². The van der Waals surface area contributed by atoms with Crippen molar-refractivity contribution in [2.75, 3.05) is 44.4 Å². The number of fused-ring (bicyclic) bond motifs is 1. The summed E-state index contributed by atoms with van der Waals surface area (Å²) >= 11 is 0. The Labute approximate surface area is 208 Å². The third-order valence-corrected chi connectivity index (χ3v) is 7.23. The molecule has 2 heterocycles. The van der Waals surface area contributed by atoms with Crippen LogP contribution in [0.3, 0.4) is 0 Å². The first-order valence-electron chi connectivity index (χ1n) is 12.9. The lowest BCUT2D eigenvalue weighted by Crippen LogP contribution is -2.51. The van der Waals surface area contributed by atoms with Crippen LogP contribution in [0.5, 0.6) is 11.5 Å². The van der Waals surface area contributed by atoms with Gasteiger partial charge in [-0.05, 0) is 67.7 Å². The summed E-state index contributed by atoms with van der Waals surface area (Å²) in [5.74, 6) is 1.22. The summed E-state index contributed by atoms with van der Waals surface area (Å²) in [6.07, 6.45) is 4.75. The summed E-state index contributed by atoms with van der Waals surface area (Å²) < 4.78 is 12.5. The van der Waals surface area contributed by atoms with E-state index in [0.717, 1.165) is 49.7 Å². The van der Waals surface area contributed by atoms with Crippen molar-refractivity contribution < 1.29 is 14.6 Å². The SMILES string of the molecule is Oc1ccc(C2COc3ccccc3N2CC(COCCc2ccccc2)N2CCCCC2)cc1. The second-order valence-corrected chi connectivity index (χ2v) is 9.60. The molecule has 5 rings (SSSR count). The lowest BCUT2D eigenvalue weighted by Gasteiger charge is -2.43. The van der Waals surface area contributed by atoms with Gasteiger partial charge in [-0.1, -0.05) is 61.0 Å². The zero-order chi connectivity index (χ0) is 23.9. The first-order valence-corrected chi connectivity index (χ1v) is 12.9. The van der Waals surface area contributed by atoms with Crippen LogP contribution < -0.4 is 9.64 Å². The topological polar surface area (TPSA) is 45.2 Å². The van der Waals surface area contributed by atoms with Gasteiger partial charge in [-0.3, -0.25) is 4.90 Å². The Bertz CT molecular complexity index is 1050. The summed E-state index contributed by atoms with van der Waals surface area (Å²) in [5, 5.41) is 9.83. The third kappa shape index (κ3) is 5.98. The summed E-state index contributed by atoms with van der Waals surface area (Å²) in [6.45, 7) is 5.16. The van der Waals surface area contributed by atoms with Crippen LogP contribution >= 0.6 is 0 Å². The monoisotopic (exact) mass is 472 g/mol. The highest BCUT2D eigenvalue weighted by Crippen LogP contribution is 2.40. The first kappa shape index (κ1) is 23.7. The maximum absolute atomic E-state index is 9.83. The fourth-order valence-electron chi connectivity index (χ4n) is 5.28. The van der Waals surface area contributed by atoms with Gasteiger partial charge >= 0.3 is 0 Å². The highest BCUT2D eigenvalue weighted by molar-refractivity contribution is 5.61. The van der Waals surface area contributed by atoms with Crippen LogP contribution in [0.1, 0.15) is 36.4 Å². The third-order valence-electron chi connectivity index (χ3n) is 7.23. The number of phenols is 1. The van der Waals surface area contributed by atoms with Crippen LogP contribution in [-0.2, 0) is 11.2 Å². The van der Waals surface area contributed by atoms with Crippen molar-refractivity contribution in [2.45, 2.75) is 37.8 Å². The Morgan fingerprint density at radius 2 is 1.63 bits per heavy atom. The molecular weight excluding hydrogens is 436 g/mol. The number of anilines is 1. The van der Waals surface area contributed by atoms with Crippen molar-refractivity contribution in [3.05, 3.63) is 90.0 Å². The molecule has 1 saturated heterocycles. The van der Waals surface area contributed by atoms with Crippen LogP contribution in [0.15, 0.2) is 78.9 Å². The molecule has 2 aliphatic rings. The van der Waals surface area contributed by atoms with Crippen LogP contribution in [0.2, 0.25) is 0 Å². The standard InChI is InChI=1S/C30H36N2O3/c33-27-15-13-25(14-16-27)29-23-35-30-12-6-5-11-28(30)32(29)21-26(31-18-7-2-8-19-31)22-34-20-17-24-9-3-1-4-10-24/h1,3-6,9-16,26,29,33H,2,7-8,17-23H2. The lowest BCUT2D eigenvalue weighted by atomic mass is 10.0. The molecule has 3 aromatic carbocycles. The average Bonchev–Trinajstić information content (AvgIpc) is 2.92. The number of ether oxygens (including phenoxy) is 2. The molecule has 2 aliphatic heterocycles. The predicted molar refractivity (Wildman–Crippen MR) is 140 cm³/mol. The van der Waals surface area contributed by atoms with Crippen molar-refractivity contribution in [2.24, 2.45) is 0 Å². The largest absolute Gasteiger partial charge is 0.508 e. The molecule has 0 bridgehead atoms. The molecule has 0 spiro atoms. The van der Waals surface area contributed by atoms with Gasteiger partial charge in [0, 0.05) is 6.54 Å². The Balaban J connectivity index is 1.35. The number of para-hydroxylation sites is 2. The number of nitrogens with zero attached hydrogens (tertiary/aromatic N) is 2. The molecule has 184 valence electrons. The van der Waals surface area contributed by atoms with E-state index in [1.54, 1.807) is 12.1 Å². The van der Waals surface area contributed by atoms with E-state index in [1.165, 1.54) is 24.8 Å². The molecule has 3 aromatic rings. The fraction of sp³-hybridized carbons (Fsp3) is 0.400. The predicted octanol–water partition coefficient (Wildman–Crippen LogP) is 5.45. The summed E-state index contributed by atoms with van der Waals surface area (Å²) in [4.78, 5) is 5.11. The molecule has 0 aromatic heterocycles. The van der Waals surface area contributed by atoms with Crippen molar-refractivity contribution in [1.29, 1.82) is 0 Å². The zero-order valence-corrected chi connectivity index (χ0v) is 20.4. The number of piperidine rings is 1. The van der Waals surface area contributed by atoms with Gasteiger partial charge in [0.1, 0.15) is 18.1 Å². The number of benzene rings is 3. The van der Waals surface area contributed by atoms with E-state index in [0.29, 0.717) is 19.3 Å². The van der Waals surface area contributed by atoms with Gasteiger partial charge < -0.3 is 19.5 Å². The summed E-state index contributed by atoms with van der Waals surface area (Å²) in [7, 11) is 0. The first-order chi connectivity index (χ1) is 17.3. The van der Waals surface area contributed by atoms with Crippen LogP contribution in [-0.4, -0.2) is 55.5 Å². The van der Waals surface area contributed by atoms with E-state index >= 15 is 0 Å². The highest BCUT2D eigenvalue weighted by Gasteiger charge is 2.32. The molecule has 0 radical (unpaired) electrons. The number of phenolic OH excluding ortho intramolecular Hbond substituents is 1. The van der Waals surface area contributed by atoms with Gasteiger partial charge in [0.25, 0.3) is 0 Å². The van der Waals surface area contributed by atoms with E-state index in [4.69, 9.17) is 9.47 Å². The Morgan fingerprint density at radius 1 is 0.886 bits per heavy atom. The van der Waals surface area contributed by atoms with Crippen molar-refractivity contribution >= 4 is 5.69 Å². The normalized spacial score (nSPS) is 19.1. The number of aromatic hydroxyl groups is 1. The molecule has 1 fully saturated rings. The lowest BCUT2D eigenvalue weighted by molar-refractivity contribution is 0.0522. The van der Waals surface area contributed by atoms with E-state index in [9.17, 15) is 5.11 Å². The summed E-state index contributed by atoms with van der Waals surface area (Å²) in [6, 6.07) is 26.8. The van der Waals surface area contributed by atoms with E-state index in [2.05, 4.69) is 58.3 Å². The molecule has 2 unspecified atom stereocenters. The molecular formula is C30H36N2O3. The minimum atomic E-state index is 0.0853. The van der Waals surface area contributed by atoms with Gasteiger partial charge in [-0.2, -0.15) is 0 Å². The Morgan fingerprint density at radius 3 is 2.43 bits per heavy atom. The molecule has 1 N–H and O–H groups in total.